The van der Waals surface area contributed by atoms with Crippen molar-refractivity contribution >= 4 is 15.8 Å². The zero-order chi connectivity index (χ0) is 18.7. The molecule has 0 radical (unpaired) electrons. The minimum absolute atomic E-state index is 0.0556. The first-order valence-electron chi connectivity index (χ1n) is 7.65. The summed E-state index contributed by atoms with van der Waals surface area (Å²) in [5.41, 5.74) is 2.36. The Balaban J connectivity index is 1.84. The number of halogens is 1. The Morgan fingerprint density at radius 3 is 2.08 bits per heavy atom. The van der Waals surface area contributed by atoms with Gasteiger partial charge >= 0.3 is 0 Å². The number of hydrogen-bond donors (Lipinski definition) is 1. The minimum atomic E-state index is -3.83. The molecule has 0 fully saturated rings. The van der Waals surface area contributed by atoms with Crippen molar-refractivity contribution in [1.82, 2.24) is 4.98 Å². The van der Waals surface area contributed by atoms with Crippen molar-refractivity contribution in [3.05, 3.63) is 77.7 Å². The van der Waals surface area contributed by atoms with Crippen LogP contribution in [0.2, 0.25) is 0 Å². The highest BCUT2D eigenvalue weighted by Crippen LogP contribution is 2.23. The predicted molar refractivity (Wildman–Crippen MR) is 96.3 cm³/mol. The van der Waals surface area contributed by atoms with E-state index in [0.29, 0.717) is 5.56 Å². The minimum Gasteiger partial charge on any atom is -0.263 e. The predicted octanol–water partition coefficient (Wildman–Crippen LogP) is 3.87. The molecule has 0 aliphatic heterocycles. The second kappa shape index (κ2) is 6.94. The normalized spacial score (nSPS) is 11.0. The number of pyridine rings is 1. The van der Waals surface area contributed by atoms with E-state index in [1.54, 1.807) is 36.4 Å². The van der Waals surface area contributed by atoms with Crippen LogP contribution in [-0.4, -0.2) is 13.4 Å². The maximum Gasteiger partial charge on any atom is 0.263 e. The van der Waals surface area contributed by atoms with E-state index in [-0.39, 0.29) is 16.4 Å². The average molecular weight is 367 g/mol. The molecule has 26 heavy (non-hydrogen) atoms. The van der Waals surface area contributed by atoms with Gasteiger partial charge in [0.15, 0.2) is 0 Å². The van der Waals surface area contributed by atoms with Crippen molar-refractivity contribution in [2.24, 2.45) is 0 Å². The Hall–Kier alpha value is -3.24. The van der Waals surface area contributed by atoms with E-state index in [4.69, 9.17) is 5.26 Å². The van der Waals surface area contributed by atoms with Crippen LogP contribution in [0, 0.1) is 24.1 Å². The molecule has 0 bridgehead atoms. The van der Waals surface area contributed by atoms with Crippen molar-refractivity contribution < 1.29 is 12.8 Å². The topological polar surface area (TPSA) is 82.8 Å². The molecular weight excluding hydrogens is 353 g/mol. The van der Waals surface area contributed by atoms with Crippen LogP contribution in [0.25, 0.3) is 11.1 Å². The molecule has 5 nitrogen and oxygen atoms in total. The number of rotatable bonds is 4. The third-order valence-electron chi connectivity index (χ3n) is 3.77. The number of sulfonamides is 1. The number of aromatic nitrogens is 1. The maximum atomic E-state index is 13.3. The van der Waals surface area contributed by atoms with Crippen LogP contribution in [-0.2, 0) is 10.0 Å². The number of nitrogens with zero attached hydrogens (tertiary/aromatic N) is 2. The smallest absolute Gasteiger partial charge is 0.263 e. The van der Waals surface area contributed by atoms with Crippen molar-refractivity contribution in [3.63, 3.8) is 0 Å². The van der Waals surface area contributed by atoms with Crippen LogP contribution >= 0.6 is 0 Å². The van der Waals surface area contributed by atoms with Gasteiger partial charge in [-0.2, -0.15) is 5.26 Å². The summed E-state index contributed by atoms with van der Waals surface area (Å²) in [4.78, 5) is 3.94. The Bertz CT molecular complexity index is 1090. The molecule has 0 saturated carbocycles. The van der Waals surface area contributed by atoms with Gasteiger partial charge in [-0.25, -0.2) is 17.8 Å². The molecule has 0 unspecified atom stereocenters. The molecule has 0 amide bonds. The molecule has 3 aromatic rings. The molecule has 0 atom stereocenters. The lowest BCUT2D eigenvalue weighted by atomic mass is 10.0. The van der Waals surface area contributed by atoms with E-state index in [9.17, 15) is 12.8 Å². The lowest BCUT2D eigenvalue weighted by Crippen LogP contribution is -2.14. The molecule has 1 N–H and O–H groups in total. The first-order valence-corrected chi connectivity index (χ1v) is 9.14. The summed E-state index contributed by atoms with van der Waals surface area (Å²) in [5.74, 6) is -0.445. The fourth-order valence-electron chi connectivity index (χ4n) is 2.36. The quantitative estimate of drug-likeness (QED) is 0.759. The van der Waals surface area contributed by atoms with Crippen LogP contribution in [0.1, 0.15) is 11.3 Å². The molecule has 0 aliphatic rings. The highest BCUT2D eigenvalue weighted by atomic mass is 32.2. The fraction of sp³-hybridized carbons (Fsp3) is 0.0526. The zero-order valence-corrected chi connectivity index (χ0v) is 14.6. The standard InChI is InChI=1S/C19H14FN3O2S/c1-13-18(20)10-11-19(22-13)23-26(24,25)17-8-6-16(7-9-17)15-4-2-14(12-21)3-5-15/h2-11H,1H3,(H,22,23). The third-order valence-corrected chi connectivity index (χ3v) is 5.14. The largest absolute Gasteiger partial charge is 0.263 e. The molecule has 0 spiro atoms. The van der Waals surface area contributed by atoms with Gasteiger partial charge in [0.1, 0.15) is 11.6 Å². The molecule has 3 rings (SSSR count). The maximum absolute atomic E-state index is 13.3. The summed E-state index contributed by atoms with van der Waals surface area (Å²) in [6.45, 7) is 1.46. The number of nitrogens with one attached hydrogen (secondary N) is 1. The summed E-state index contributed by atoms with van der Waals surface area (Å²) in [6.07, 6.45) is 0. The first kappa shape index (κ1) is 17.6. The second-order valence-corrected chi connectivity index (χ2v) is 7.27. The molecule has 1 aromatic heterocycles. The fourth-order valence-corrected chi connectivity index (χ4v) is 3.36. The van der Waals surface area contributed by atoms with Crippen LogP contribution in [0.15, 0.2) is 65.6 Å². The lowest BCUT2D eigenvalue weighted by Gasteiger charge is -2.09. The summed E-state index contributed by atoms with van der Waals surface area (Å²) in [7, 11) is -3.83. The van der Waals surface area contributed by atoms with E-state index in [1.165, 1.54) is 25.1 Å². The van der Waals surface area contributed by atoms with Crippen LogP contribution < -0.4 is 4.72 Å². The number of anilines is 1. The number of benzene rings is 2. The highest BCUT2D eigenvalue weighted by molar-refractivity contribution is 7.92. The Morgan fingerprint density at radius 1 is 0.962 bits per heavy atom. The Morgan fingerprint density at radius 2 is 1.54 bits per heavy atom. The van der Waals surface area contributed by atoms with Gasteiger partial charge in [-0.15, -0.1) is 0 Å². The Kier molecular flexibility index (Phi) is 4.69. The number of nitriles is 1. The van der Waals surface area contributed by atoms with Gasteiger partial charge in [0, 0.05) is 0 Å². The molecule has 7 heteroatoms. The molecule has 0 aliphatic carbocycles. The van der Waals surface area contributed by atoms with Crippen molar-refractivity contribution in [1.29, 1.82) is 5.26 Å². The van der Waals surface area contributed by atoms with Crippen molar-refractivity contribution in [3.8, 4) is 17.2 Å². The zero-order valence-electron chi connectivity index (χ0n) is 13.8. The van der Waals surface area contributed by atoms with Crippen molar-refractivity contribution in [2.75, 3.05) is 4.72 Å². The summed E-state index contributed by atoms with van der Waals surface area (Å²) < 4.78 is 40.5. The monoisotopic (exact) mass is 367 g/mol. The molecule has 0 saturated heterocycles. The van der Waals surface area contributed by atoms with Crippen LogP contribution in [0.4, 0.5) is 10.2 Å². The van der Waals surface area contributed by atoms with Crippen molar-refractivity contribution in [2.45, 2.75) is 11.8 Å². The summed E-state index contributed by atoms with van der Waals surface area (Å²) in [6, 6.07) is 17.8. The third kappa shape index (κ3) is 3.71. The molecule has 1 heterocycles. The van der Waals surface area contributed by atoms with E-state index in [0.717, 1.165) is 17.2 Å². The van der Waals surface area contributed by atoms with Gasteiger partial charge in [0.05, 0.1) is 22.2 Å². The summed E-state index contributed by atoms with van der Waals surface area (Å²) >= 11 is 0. The van der Waals surface area contributed by atoms with Gasteiger partial charge in [0.2, 0.25) is 0 Å². The summed E-state index contributed by atoms with van der Waals surface area (Å²) in [5, 5.41) is 8.83. The SMILES string of the molecule is Cc1nc(NS(=O)(=O)c2ccc(-c3ccc(C#N)cc3)cc2)ccc1F. The van der Waals surface area contributed by atoms with Crippen LogP contribution in [0.3, 0.4) is 0 Å². The number of hydrogen-bond acceptors (Lipinski definition) is 4. The number of aryl methyl sites for hydroxylation is 1. The van der Waals surface area contributed by atoms with E-state index >= 15 is 0 Å². The van der Waals surface area contributed by atoms with Gasteiger partial charge in [-0.3, -0.25) is 4.72 Å². The molecule has 2 aromatic carbocycles. The van der Waals surface area contributed by atoms with E-state index in [2.05, 4.69) is 9.71 Å². The van der Waals surface area contributed by atoms with E-state index < -0.39 is 15.8 Å². The van der Waals surface area contributed by atoms with Gasteiger partial charge in [-0.1, -0.05) is 24.3 Å². The van der Waals surface area contributed by atoms with E-state index in [1.807, 2.05) is 6.07 Å². The molecule has 130 valence electrons. The average Bonchev–Trinajstić information content (AvgIpc) is 2.65. The van der Waals surface area contributed by atoms with Gasteiger partial charge in [0.25, 0.3) is 10.0 Å². The van der Waals surface area contributed by atoms with Crippen LogP contribution in [0.5, 0.6) is 0 Å². The highest BCUT2D eigenvalue weighted by Gasteiger charge is 2.15. The first-order chi connectivity index (χ1) is 12.4. The Labute approximate surface area is 150 Å². The van der Waals surface area contributed by atoms with Gasteiger partial charge in [-0.05, 0) is 54.4 Å². The second-order valence-electron chi connectivity index (χ2n) is 5.58. The van der Waals surface area contributed by atoms with Gasteiger partial charge < -0.3 is 0 Å². The molecular formula is C19H14FN3O2S. The lowest BCUT2D eigenvalue weighted by molar-refractivity contribution is 0.599.